The van der Waals surface area contributed by atoms with Gasteiger partial charge >= 0.3 is 0 Å². The molecule has 1 N–H and O–H groups in total. The van der Waals surface area contributed by atoms with Crippen molar-refractivity contribution in [1.29, 1.82) is 0 Å². The maximum atomic E-state index is 9.22. The Bertz CT molecular complexity index is 428. The van der Waals surface area contributed by atoms with Crippen LogP contribution < -0.4 is 0 Å². The fourth-order valence-corrected chi connectivity index (χ4v) is 1.75. The van der Waals surface area contributed by atoms with Crippen LogP contribution in [-0.4, -0.2) is 10.1 Å². The largest absolute Gasteiger partial charge is 0.508 e. The van der Waals surface area contributed by atoms with E-state index in [1.807, 2.05) is 12.1 Å². The Morgan fingerprint density at radius 2 is 2.08 bits per heavy atom. The van der Waals surface area contributed by atoms with Gasteiger partial charge in [-0.1, -0.05) is 6.07 Å². The first-order valence-electron chi connectivity index (χ1n) is 3.50. The second-order valence-electron chi connectivity index (χ2n) is 2.51. The molecule has 0 radical (unpaired) electrons. The molecule has 2 aromatic rings. The van der Waals surface area contributed by atoms with Crippen molar-refractivity contribution in [3.8, 4) is 5.75 Å². The van der Waals surface area contributed by atoms with E-state index in [0.717, 1.165) is 14.5 Å². The number of halogens is 1. The lowest BCUT2D eigenvalue weighted by Crippen LogP contribution is -1.81. The molecule has 0 amide bonds. The molecule has 12 heavy (non-hydrogen) atoms. The molecule has 0 atom stereocenters. The topological polar surface area (TPSA) is 33.1 Å². The molecule has 0 saturated heterocycles. The smallest absolute Gasteiger partial charge is 0.116 e. The number of aromatic hydroxyl groups is 1. The number of phenols is 1. The van der Waals surface area contributed by atoms with E-state index in [9.17, 15) is 5.11 Å². The van der Waals surface area contributed by atoms with Crippen molar-refractivity contribution in [3.63, 3.8) is 0 Å². The summed E-state index contributed by atoms with van der Waals surface area (Å²) < 4.78 is 0.918. The number of fused-ring (bicyclic) bond motifs is 1. The van der Waals surface area contributed by atoms with Gasteiger partial charge in [0, 0.05) is 11.6 Å². The molecule has 0 spiro atoms. The molecule has 1 aromatic heterocycles. The summed E-state index contributed by atoms with van der Waals surface area (Å²) in [5, 5.41) is 11.3. The zero-order valence-electron chi connectivity index (χ0n) is 6.16. The molecule has 3 heteroatoms. The van der Waals surface area contributed by atoms with E-state index in [0.29, 0.717) is 0 Å². The Balaban J connectivity index is 2.88. The van der Waals surface area contributed by atoms with E-state index in [1.54, 1.807) is 18.3 Å². The van der Waals surface area contributed by atoms with Crippen LogP contribution in [0.25, 0.3) is 10.8 Å². The van der Waals surface area contributed by atoms with Crippen molar-refractivity contribution in [3.05, 3.63) is 34.2 Å². The fourth-order valence-electron chi connectivity index (χ4n) is 1.12. The molecule has 60 valence electrons. The third kappa shape index (κ3) is 1.24. The highest BCUT2D eigenvalue weighted by molar-refractivity contribution is 14.1. The van der Waals surface area contributed by atoms with Gasteiger partial charge in [0.2, 0.25) is 0 Å². The lowest BCUT2D eigenvalue weighted by atomic mass is 10.2. The Hall–Kier alpha value is -0.840. The van der Waals surface area contributed by atoms with Crippen molar-refractivity contribution in [2.24, 2.45) is 0 Å². The van der Waals surface area contributed by atoms with Crippen LogP contribution in [0.2, 0.25) is 0 Å². The number of nitrogens with zero attached hydrogens (tertiary/aromatic N) is 1. The summed E-state index contributed by atoms with van der Waals surface area (Å²) in [5.41, 5.74) is 0. The first kappa shape index (κ1) is 7.79. The molecule has 0 aliphatic rings. The van der Waals surface area contributed by atoms with E-state index >= 15 is 0 Å². The van der Waals surface area contributed by atoms with Gasteiger partial charge in [-0.25, -0.2) is 4.98 Å². The van der Waals surface area contributed by atoms with E-state index in [2.05, 4.69) is 27.6 Å². The van der Waals surface area contributed by atoms with Crippen LogP contribution in [0, 0.1) is 3.70 Å². The molecule has 2 nitrogen and oxygen atoms in total. The highest BCUT2D eigenvalue weighted by Crippen LogP contribution is 2.22. The molecule has 0 bridgehead atoms. The minimum absolute atomic E-state index is 0.286. The molecule has 0 aliphatic heterocycles. The summed E-state index contributed by atoms with van der Waals surface area (Å²) in [6, 6.07) is 7.22. The molecular formula is C9H6INO. The third-order valence-electron chi connectivity index (χ3n) is 1.70. The Morgan fingerprint density at radius 1 is 1.25 bits per heavy atom. The summed E-state index contributed by atoms with van der Waals surface area (Å²) in [6.45, 7) is 0. The second kappa shape index (κ2) is 2.90. The zero-order chi connectivity index (χ0) is 8.55. The summed E-state index contributed by atoms with van der Waals surface area (Å²) in [6.07, 6.45) is 1.77. The first-order valence-corrected chi connectivity index (χ1v) is 4.58. The van der Waals surface area contributed by atoms with Gasteiger partial charge in [-0.3, -0.25) is 0 Å². The number of aromatic nitrogens is 1. The quantitative estimate of drug-likeness (QED) is 0.590. The Morgan fingerprint density at radius 3 is 2.92 bits per heavy atom. The summed E-state index contributed by atoms with van der Waals surface area (Å²) in [4.78, 5) is 4.12. The maximum Gasteiger partial charge on any atom is 0.116 e. The Kier molecular flexibility index (Phi) is 1.88. The highest BCUT2D eigenvalue weighted by atomic mass is 127. The lowest BCUT2D eigenvalue weighted by molar-refractivity contribution is 0.476. The number of hydrogen-bond acceptors (Lipinski definition) is 2. The van der Waals surface area contributed by atoms with Gasteiger partial charge in [0.25, 0.3) is 0 Å². The predicted molar refractivity (Wildman–Crippen MR) is 56.1 cm³/mol. The van der Waals surface area contributed by atoms with Crippen molar-refractivity contribution in [2.45, 2.75) is 0 Å². The molecule has 1 aromatic carbocycles. The molecule has 0 unspecified atom stereocenters. The van der Waals surface area contributed by atoms with E-state index < -0.39 is 0 Å². The van der Waals surface area contributed by atoms with Gasteiger partial charge in [0.05, 0.1) is 0 Å². The number of benzene rings is 1. The van der Waals surface area contributed by atoms with Crippen molar-refractivity contribution >= 4 is 33.4 Å². The van der Waals surface area contributed by atoms with Crippen molar-refractivity contribution in [2.75, 3.05) is 0 Å². The van der Waals surface area contributed by atoms with Crippen LogP contribution >= 0.6 is 22.6 Å². The van der Waals surface area contributed by atoms with E-state index in [-0.39, 0.29) is 5.75 Å². The molecular weight excluding hydrogens is 265 g/mol. The number of hydrogen-bond donors (Lipinski definition) is 1. The zero-order valence-corrected chi connectivity index (χ0v) is 8.32. The predicted octanol–water partition coefficient (Wildman–Crippen LogP) is 2.55. The van der Waals surface area contributed by atoms with Gasteiger partial charge in [0.15, 0.2) is 0 Å². The van der Waals surface area contributed by atoms with Gasteiger partial charge < -0.3 is 5.11 Å². The maximum absolute atomic E-state index is 9.22. The molecule has 0 aliphatic carbocycles. The first-order chi connectivity index (χ1) is 5.77. The molecule has 0 fully saturated rings. The SMILES string of the molecule is Oc1ccc2ccnc(I)c2c1. The fraction of sp³-hybridized carbons (Fsp3) is 0. The molecule has 0 saturated carbocycles. The summed E-state index contributed by atoms with van der Waals surface area (Å²) in [7, 11) is 0. The summed E-state index contributed by atoms with van der Waals surface area (Å²) >= 11 is 2.15. The third-order valence-corrected chi connectivity index (χ3v) is 2.56. The van der Waals surface area contributed by atoms with E-state index in [4.69, 9.17) is 0 Å². The molecule has 2 rings (SSSR count). The number of pyridine rings is 1. The van der Waals surface area contributed by atoms with Crippen molar-refractivity contribution < 1.29 is 5.11 Å². The lowest BCUT2D eigenvalue weighted by Gasteiger charge is -1.99. The van der Waals surface area contributed by atoms with Crippen LogP contribution in [0.4, 0.5) is 0 Å². The normalized spacial score (nSPS) is 10.4. The van der Waals surface area contributed by atoms with Gasteiger partial charge in [0.1, 0.15) is 9.45 Å². The minimum Gasteiger partial charge on any atom is -0.508 e. The molecule has 1 heterocycles. The second-order valence-corrected chi connectivity index (χ2v) is 3.53. The average Bonchev–Trinajstić information content (AvgIpc) is 2.07. The van der Waals surface area contributed by atoms with Crippen LogP contribution in [0.3, 0.4) is 0 Å². The number of phenolic OH excluding ortho intramolecular Hbond substituents is 1. The monoisotopic (exact) mass is 271 g/mol. The van der Waals surface area contributed by atoms with Crippen molar-refractivity contribution in [1.82, 2.24) is 4.98 Å². The van der Waals surface area contributed by atoms with Gasteiger partial charge in [-0.05, 0) is 46.2 Å². The minimum atomic E-state index is 0.286. The van der Waals surface area contributed by atoms with Crippen LogP contribution in [-0.2, 0) is 0 Å². The van der Waals surface area contributed by atoms with E-state index in [1.165, 1.54) is 0 Å². The van der Waals surface area contributed by atoms with Gasteiger partial charge in [-0.2, -0.15) is 0 Å². The van der Waals surface area contributed by atoms with Crippen LogP contribution in [0.15, 0.2) is 30.5 Å². The standard InChI is InChI=1S/C9H6INO/c10-9-8-5-7(12)2-1-6(8)3-4-11-9/h1-5,12H. The average molecular weight is 271 g/mol. The van der Waals surface area contributed by atoms with Crippen LogP contribution in [0.5, 0.6) is 5.75 Å². The highest BCUT2D eigenvalue weighted by Gasteiger charge is 1.98. The van der Waals surface area contributed by atoms with Gasteiger partial charge in [-0.15, -0.1) is 0 Å². The Labute approximate surface area is 83.4 Å². The number of rotatable bonds is 0. The summed E-state index contributed by atoms with van der Waals surface area (Å²) in [5.74, 6) is 0.286. The van der Waals surface area contributed by atoms with Crippen LogP contribution in [0.1, 0.15) is 0 Å².